The third-order valence-corrected chi connectivity index (χ3v) is 3.98. The van der Waals surface area contributed by atoms with Crippen molar-refractivity contribution in [2.75, 3.05) is 6.54 Å². The SMILES string of the molecule is O=C(O)CC1CCCCN1C(=O)NCc1cncs1. The number of hydrogen-bond acceptors (Lipinski definition) is 4. The van der Waals surface area contributed by atoms with Crippen LogP contribution in [-0.4, -0.2) is 39.6 Å². The summed E-state index contributed by atoms with van der Waals surface area (Å²) in [6, 6.07) is -0.368. The van der Waals surface area contributed by atoms with E-state index in [1.54, 1.807) is 16.6 Å². The van der Waals surface area contributed by atoms with Gasteiger partial charge in [0.1, 0.15) is 0 Å². The number of hydrogen-bond donors (Lipinski definition) is 2. The summed E-state index contributed by atoms with van der Waals surface area (Å²) in [5, 5.41) is 11.7. The molecule has 2 amide bonds. The van der Waals surface area contributed by atoms with Gasteiger partial charge in [-0.3, -0.25) is 9.78 Å². The van der Waals surface area contributed by atoms with E-state index in [1.165, 1.54) is 11.3 Å². The topological polar surface area (TPSA) is 82.5 Å². The molecule has 0 radical (unpaired) electrons. The Kier molecular flexibility index (Phi) is 4.73. The van der Waals surface area contributed by atoms with E-state index < -0.39 is 5.97 Å². The first-order valence-corrected chi connectivity index (χ1v) is 7.18. The molecule has 2 rings (SSSR count). The molecule has 2 N–H and O–H groups in total. The van der Waals surface area contributed by atoms with E-state index in [0.717, 1.165) is 24.1 Å². The van der Waals surface area contributed by atoms with Crippen LogP contribution in [-0.2, 0) is 11.3 Å². The summed E-state index contributed by atoms with van der Waals surface area (Å²) in [7, 11) is 0. The zero-order valence-corrected chi connectivity index (χ0v) is 11.4. The van der Waals surface area contributed by atoms with Gasteiger partial charge in [0, 0.05) is 23.7 Å². The number of piperidine rings is 1. The molecular weight excluding hydrogens is 266 g/mol. The third kappa shape index (κ3) is 3.92. The summed E-state index contributed by atoms with van der Waals surface area (Å²) in [5.74, 6) is -0.854. The second-order valence-electron chi connectivity index (χ2n) is 4.57. The molecule has 0 aliphatic carbocycles. The fourth-order valence-corrected chi connectivity index (χ4v) is 2.81. The van der Waals surface area contributed by atoms with Crippen molar-refractivity contribution >= 4 is 23.3 Å². The van der Waals surface area contributed by atoms with Crippen molar-refractivity contribution in [2.45, 2.75) is 38.3 Å². The van der Waals surface area contributed by atoms with Crippen LogP contribution in [0.1, 0.15) is 30.6 Å². The van der Waals surface area contributed by atoms with Gasteiger partial charge in [-0.05, 0) is 19.3 Å². The molecule has 2 heterocycles. The van der Waals surface area contributed by atoms with E-state index in [-0.39, 0.29) is 18.5 Å². The monoisotopic (exact) mass is 283 g/mol. The average Bonchev–Trinajstić information content (AvgIpc) is 2.89. The van der Waals surface area contributed by atoms with Crippen molar-refractivity contribution in [3.63, 3.8) is 0 Å². The van der Waals surface area contributed by atoms with Crippen molar-refractivity contribution < 1.29 is 14.7 Å². The van der Waals surface area contributed by atoms with Crippen LogP contribution in [0.5, 0.6) is 0 Å². The predicted octanol–water partition coefficient (Wildman–Crippen LogP) is 1.68. The Morgan fingerprint density at radius 1 is 1.53 bits per heavy atom. The van der Waals surface area contributed by atoms with Crippen LogP contribution in [0, 0.1) is 0 Å². The lowest BCUT2D eigenvalue weighted by atomic mass is 10.00. The molecule has 104 valence electrons. The Hall–Kier alpha value is -1.63. The number of urea groups is 1. The van der Waals surface area contributed by atoms with Crippen molar-refractivity contribution in [3.8, 4) is 0 Å². The van der Waals surface area contributed by atoms with E-state index in [2.05, 4.69) is 10.3 Å². The van der Waals surface area contributed by atoms with Gasteiger partial charge in [-0.15, -0.1) is 11.3 Å². The van der Waals surface area contributed by atoms with Gasteiger partial charge in [-0.2, -0.15) is 0 Å². The summed E-state index contributed by atoms with van der Waals surface area (Å²) < 4.78 is 0. The van der Waals surface area contributed by atoms with Crippen LogP contribution < -0.4 is 5.32 Å². The number of thiazole rings is 1. The highest BCUT2D eigenvalue weighted by atomic mass is 32.1. The Morgan fingerprint density at radius 2 is 2.37 bits per heavy atom. The molecule has 1 atom stereocenters. The molecule has 1 fully saturated rings. The number of likely N-dealkylation sites (tertiary alicyclic amines) is 1. The molecule has 1 aromatic heterocycles. The Balaban J connectivity index is 1.89. The molecule has 1 aliphatic rings. The van der Waals surface area contributed by atoms with E-state index in [0.29, 0.717) is 13.1 Å². The summed E-state index contributed by atoms with van der Waals surface area (Å²) >= 11 is 1.48. The van der Waals surface area contributed by atoms with Gasteiger partial charge in [-0.25, -0.2) is 4.79 Å². The zero-order valence-electron chi connectivity index (χ0n) is 10.5. The van der Waals surface area contributed by atoms with E-state index >= 15 is 0 Å². The maximum absolute atomic E-state index is 12.1. The van der Waals surface area contributed by atoms with Crippen molar-refractivity contribution in [3.05, 3.63) is 16.6 Å². The number of nitrogens with zero attached hydrogens (tertiary/aromatic N) is 2. The highest BCUT2D eigenvalue weighted by molar-refractivity contribution is 7.09. The quantitative estimate of drug-likeness (QED) is 0.880. The zero-order chi connectivity index (χ0) is 13.7. The third-order valence-electron chi connectivity index (χ3n) is 3.20. The first-order valence-electron chi connectivity index (χ1n) is 6.30. The van der Waals surface area contributed by atoms with Gasteiger partial charge >= 0.3 is 12.0 Å². The van der Waals surface area contributed by atoms with Crippen molar-refractivity contribution in [1.82, 2.24) is 15.2 Å². The number of amides is 2. The van der Waals surface area contributed by atoms with E-state index in [9.17, 15) is 9.59 Å². The predicted molar refractivity (Wildman–Crippen MR) is 70.9 cm³/mol. The number of carbonyl (C=O) groups is 2. The molecule has 19 heavy (non-hydrogen) atoms. The number of carboxylic acids is 1. The average molecular weight is 283 g/mol. The molecule has 0 saturated carbocycles. The number of aliphatic carboxylic acids is 1. The van der Waals surface area contributed by atoms with Gasteiger partial charge < -0.3 is 15.3 Å². The molecule has 1 aliphatic heterocycles. The second-order valence-corrected chi connectivity index (χ2v) is 5.54. The minimum absolute atomic E-state index is 0.0218. The standard InChI is InChI=1S/C12H17N3O3S/c16-11(17)5-9-3-1-2-4-15(9)12(18)14-7-10-6-13-8-19-10/h6,8-9H,1-5,7H2,(H,14,18)(H,16,17). The number of nitrogens with one attached hydrogen (secondary N) is 1. The number of carbonyl (C=O) groups excluding carboxylic acids is 1. The van der Waals surface area contributed by atoms with E-state index in [4.69, 9.17) is 5.11 Å². The Morgan fingerprint density at radius 3 is 3.05 bits per heavy atom. The van der Waals surface area contributed by atoms with Crippen LogP contribution in [0.2, 0.25) is 0 Å². The first kappa shape index (κ1) is 13.8. The van der Waals surface area contributed by atoms with Crippen molar-refractivity contribution in [2.24, 2.45) is 0 Å². The molecule has 6 nitrogen and oxygen atoms in total. The van der Waals surface area contributed by atoms with Gasteiger partial charge in [0.15, 0.2) is 0 Å². The highest BCUT2D eigenvalue weighted by Gasteiger charge is 2.28. The number of carboxylic acid groups (broad SMARTS) is 1. The number of rotatable bonds is 4. The van der Waals surface area contributed by atoms with Crippen LogP contribution in [0.15, 0.2) is 11.7 Å². The van der Waals surface area contributed by atoms with E-state index in [1.807, 2.05) is 0 Å². The number of aromatic nitrogens is 1. The molecule has 1 saturated heterocycles. The molecule has 1 aromatic rings. The molecular formula is C12H17N3O3S. The van der Waals surface area contributed by atoms with Crippen LogP contribution in [0.25, 0.3) is 0 Å². The maximum atomic E-state index is 12.1. The fourth-order valence-electron chi connectivity index (χ4n) is 2.28. The lowest BCUT2D eigenvalue weighted by Gasteiger charge is -2.34. The summed E-state index contributed by atoms with van der Waals surface area (Å²) in [5.41, 5.74) is 1.72. The van der Waals surface area contributed by atoms with Crippen LogP contribution >= 0.6 is 11.3 Å². The van der Waals surface area contributed by atoms with Gasteiger partial charge in [0.2, 0.25) is 0 Å². The van der Waals surface area contributed by atoms with Gasteiger partial charge in [-0.1, -0.05) is 0 Å². The summed E-state index contributed by atoms with van der Waals surface area (Å²) in [6.07, 6.45) is 4.42. The lowest BCUT2D eigenvalue weighted by molar-refractivity contribution is -0.138. The molecule has 0 spiro atoms. The van der Waals surface area contributed by atoms with Gasteiger partial charge in [0.05, 0.1) is 18.5 Å². The Labute approximate surface area is 115 Å². The summed E-state index contributed by atoms with van der Waals surface area (Å²) in [4.78, 5) is 29.5. The van der Waals surface area contributed by atoms with Gasteiger partial charge in [0.25, 0.3) is 0 Å². The maximum Gasteiger partial charge on any atom is 0.317 e. The fraction of sp³-hybridized carbons (Fsp3) is 0.583. The minimum Gasteiger partial charge on any atom is -0.481 e. The molecule has 7 heteroatoms. The Bertz CT molecular complexity index is 435. The van der Waals surface area contributed by atoms with Crippen molar-refractivity contribution in [1.29, 1.82) is 0 Å². The molecule has 1 unspecified atom stereocenters. The minimum atomic E-state index is -0.854. The summed E-state index contributed by atoms with van der Waals surface area (Å²) in [6.45, 7) is 1.08. The molecule has 0 aromatic carbocycles. The smallest absolute Gasteiger partial charge is 0.317 e. The lowest BCUT2D eigenvalue weighted by Crippen LogP contribution is -2.49. The first-order chi connectivity index (χ1) is 9.16. The largest absolute Gasteiger partial charge is 0.481 e. The second kappa shape index (κ2) is 6.51. The normalized spacial score (nSPS) is 19.2. The van der Waals surface area contributed by atoms with Crippen LogP contribution in [0.3, 0.4) is 0 Å². The molecule has 0 bridgehead atoms. The van der Waals surface area contributed by atoms with Crippen LogP contribution in [0.4, 0.5) is 4.79 Å². The highest BCUT2D eigenvalue weighted by Crippen LogP contribution is 2.20.